The molecule has 2 heterocycles. The molecule has 0 radical (unpaired) electrons. The minimum Gasteiger partial charge on any atom is -0.355 e. The summed E-state index contributed by atoms with van der Waals surface area (Å²) in [7, 11) is 0. The van der Waals surface area contributed by atoms with Crippen molar-refractivity contribution in [3.8, 4) is 0 Å². The van der Waals surface area contributed by atoms with Crippen molar-refractivity contribution in [1.82, 2.24) is 20.2 Å². The smallest absolute Gasteiger partial charge is 0.329 e. The number of nitrogens with zero attached hydrogens (tertiary/aromatic N) is 1. The summed E-state index contributed by atoms with van der Waals surface area (Å²) in [4.78, 5) is 39.1. The van der Waals surface area contributed by atoms with E-state index >= 15 is 0 Å². The van der Waals surface area contributed by atoms with E-state index in [1.54, 1.807) is 24.3 Å². The number of para-hydroxylation sites is 1. The van der Waals surface area contributed by atoms with Gasteiger partial charge in [-0.3, -0.25) is 14.2 Å². The zero-order valence-corrected chi connectivity index (χ0v) is 14.7. The molecule has 25 heavy (non-hydrogen) atoms. The van der Waals surface area contributed by atoms with Gasteiger partial charge in [-0.05, 0) is 50.4 Å². The van der Waals surface area contributed by atoms with Crippen LogP contribution in [-0.4, -0.2) is 35.1 Å². The van der Waals surface area contributed by atoms with Crippen molar-refractivity contribution in [2.75, 3.05) is 19.6 Å². The van der Waals surface area contributed by atoms with Crippen LogP contribution in [0.4, 0.5) is 0 Å². The Bertz CT molecular complexity index is 840. The number of aromatic nitrogens is 2. The molecule has 136 valence electrons. The average Bonchev–Trinajstić information content (AvgIpc) is 2.59. The van der Waals surface area contributed by atoms with Gasteiger partial charge in [0.1, 0.15) is 6.54 Å². The fraction of sp³-hybridized carbons (Fsp3) is 0.471. The summed E-state index contributed by atoms with van der Waals surface area (Å²) >= 11 is 0. The number of hydrogen-bond donors (Lipinski definition) is 3. The van der Waals surface area contributed by atoms with Gasteiger partial charge in [0.25, 0.3) is 5.56 Å². The van der Waals surface area contributed by atoms with Gasteiger partial charge < -0.3 is 15.6 Å². The van der Waals surface area contributed by atoms with Crippen molar-refractivity contribution in [2.24, 2.45) is 5.92 Å². The molecule has 0 bridgehead atoms. The lowest BCUT2D eigenvalue weighted by atomic mass is 9.96. The summed E-state index contributed by atoms with van der Waals surface area (Å²) in [6.45, 7) is 2.35. The van der Waals surface area contributed by atoms with E-state index < -0.39 is 11.2 Å². The van der Waals surface area contributed by atoms with Crippen LogP contribution < -0.4 is 21.9 Å². The van der Waals surface area contributed by atoms with E-state index in [0.717, 1.165) is 24.1 Å². The van der Waals surface area contributed by atoms with Gasteiger partial charge in [-0.15, -0.1) is 12.4 Å². The van der Waals surface area contributed by atoms with Crippen LogP contribution in [0.1, 0.15) is 19.3 Å². The lowest BCUT2D eigenvalue weighted by Gasteiger charge is -2.22. The van der Waals surface area contributed by atoms with E-state index in [0.29, 0.717) is 23.4 Å². The highest BCUT2D eigenvalue weighted by molar-refractivity contribution is 5.85. The number of carbonyl (C=O) groups is 1. The van der Waals surface area contributed by atoms with E-state index in [1.807, 2.05) is 0 Å². The quantitative estimate of drug-likeness (QED) is 0.722. The molecule has 3 rings (SSSR count). The molecule has 1 aliphatic rings. The molecule has 0 saturated carbocycles. The molecule has 0 spiro atoms. The Hall–Kier alpha value is -2.12. The van der Waals surface area contributed by atoms with Crippen LogP contribution >= 0.6 is 12.4 Å². The van der Waals surface area contributed by atoms with Gasteiger partial charge in [0, 0.05) is 6.54 Å². The molecule has 1 aromatic carbocycles. The highest BCUT2D eigenvalue weighted by Crippen LogP contribution is 2.12. The van der Waals surface area contributed by atoms with Crippen LogP contribution in [0.2, 0.25) is 0 Å². The monoisotopic (exact) mass is 366 g/mol. The molecule has 8 heteroatoms. The molecule has 3 N–H and O–H groups in total. The van der Waals surface area contributed by atoms with Crippen LogP contribution in [0.5, 0.6) is 0 Å². The van der Waals surface area contributed by atoms with E-state index in [1.165, 1.54) is 12.8 Å². The Balaban J connectivity index is 0.00000225. The van der Waals surface area contributed by atoms with Gasteiger partial charge in [-0.1, -0.05) is 12.1 Å². The molecule has 0 aliphatic carbocycles. The third-order valence-electron chi connectivity index (χ3n) is 4.46. The number of hydrogen-bond acceptors (Lipinski definition) is 4. The Kier molecular flexibility index (Phi) is 6.78. The van der Waals surface area contributed by atoms with Crippen molar-refractivity contribution in [2.45, 2.75) is 25.8 Å². The molecule has 1 fully saturated rings. The number of fused-ring (bicyclic) bond motifs is 1. The third-order valence-corrected chi connectivity index (χ3v) is 4.46. The molecule has 1 atom stereocenters. The lowest BCUT2D eigenvalue weighted by Crippen LogP contribution is -2.41. The van der Waals surface area contributed by atoms with Crippen LogP contribution in [-0.2, 0) is 11.3 Å². The van der Waals surface area contributed by atoms with Crippen molar-refractivity contribution in [3.05, 3.63) is 45.1 Å². The van der Waals surface area contributed by atoms with Crippen molar-refractivity contribution in [1.29, 1.82) is 0 Å². The van der Waals surface area contributed by atoms with Gasteiger partial charge in [0.05, 0.1) is 10.9 Å². The first kappa shape index (κ1) is 19.2. The third kappa shape index (κ3) is 4.70. The topological polar surface area (TPSA) is 96.0 Å². The largest absolute Gasteiger partial charge is 0.355 e. The zero-order valence-electron chi connectivity index (χ0n) is 13.9. The Morgan fingerprint density at radius 3 is 2.84 bits per heavy atom. The predicted molar refractivity (Wildman–Crippen MR) is 99.3 cm³/mol. The lowest BCUT2D eigenvalue weighted by molar-refractivity contribution is -0.121. The van der Waals surface area contributed by atoms with E-state index in [4.69, 9.17) is 0 Å². The number of H-pyrrole nitrogens is 1. The van der Waals surface area contributed by atoms with Gasteiger partial charge in [-0.25, -0.2) is 4.79 Å². The summed E-state index contributed by atoms with van der Waals surface area (Å²) in [5.41, 5.74) is -0.528. The maximum Gasteiger partial charge on any atom is 0.329 e. The van der Waals surface area contributed by atoms with Crippen LogP contribution in [0, 0.1) is 5.92 Å². The van der Waals surface area contributed by atoms with Crippen molar-refractivity contribution < 1.29 is 4.79 Å². The number of piperidine rings is 1. The first-order valence-electron chi connectivity index (χ1n) is 8.34. The molecule has 1 saturated heterocycles. The molecule has 1 unspecified atom stereocenters. The minimum atomic E-state index is -0.565. The van der Waals surface area contributed by atoms with Crippen molar-refractivity contribution in [3.63, 3.8) is 0 Å². The fourth-order valence-corrected chi connectivity index (χ4v) is 3.13. The number of halogens is 1. The Labute approximate surface area is 151 Å². The predicted octanol–water partition coefficient (Wildman–Crippen LogP) is 0.617. The molecule has 1 amide bonds. The van der Waals surface area contributed by atoms with Crippen LogP contribution in [0.25, 0.3) is 10.9 Å². The fourth-order valence-electron chi connectivity index (χ4n) is 3.13. The minimum absolute atomic E-state index is 0. The van der Waals surface area contributed by atoms with Gasteiger partial charge >= 0.3 is 5.69 Å². The summed E-state index contributed by atoms with van der Waals surface area (Å²) in [6.07, 6.45) is 3.24. The number of carbonyl (C=O) groups excluding carboxylic acids is 1. The molecule has 2 aromatic rings. The van der Waals surface area contributed by atoms with Gasteiger partial charge in [-0.2, -0.15) is 0 Å². The first-order valence-corrected chi connectivity index (χ1v) is 8.34. The second-order valence-electron chi connectivity index (χ2n) is 6.22. The zero-order chi connectivity index (χ0) is 16.9. The number of nitrogens with one attached hydrogen (secondary N) is 3. The Morgan fingerprint density at radius 2 is 2.08 bits per heavy atom. The Morgan fingerprint density at radius 1 is 1.28 bits per heavy atom. The normalized spacial score (nSPS) is 17.0. The first-order chi connectivity index (χ1) is 11.6. The number of aromatic amines is 1. The molecule has 7 nitrogen and oxygen atoms in total. The van der Waals surface area contributed by atoms with E-state index in [9.17, 15) is 14.4 Å². The van der Waals surface area contributed by atoms with E-state index in [2.05, 4.69) is 15.6 Å². The molecule has 1 aliphatic heterocycles. The van der Waals surface area contributed by atoms with Gasteiger partial charge in [0.2, 0.25) is 5.91 Å². The highest BCUT2D eigenvalue weighted by Gasteiger charge is 2.14. The second-order valence-corrected chi connectivity index (χ2v) is 6.22. The average molecular weight is 367 g/mol. The SMILES string of the molecule is Cl.O=C(Cn1c(=O)[nH]c2ccccc2c1=O)NCCC1CCCNC1. The summed E-state index contributed by atoms with van der Waals surface area (Å²) in [6, 6.07) is 6.78. The van der Waals surface area contributed by atoms with Gasteiger partial charge in [0.15, 0.2) is 0 Å². The molecular formula is C17H23ClN4O3. The molecule has 1 aromatic heterocycles. The number of rotatable bonds is 5. The summed E-state index contributed by atoms with van der Waals surface area (Å²) in [5.74, 6) is 0.257. The van der Waals surface area contributed by atoms with Crippen molar-refractivity contribution >= 4 is 29.2 Å². The summed E-state index contributed by atoms with van der Waals surface area (Å²) in [5, 5.41) is 6.54. The summed E-state index contributed by atoms with van der Waals surface area (Å²) < 4.78 is 0.944. The van der Waals surface area contributed by atoms with Crippen LogP contribution in [0.15, 0.2) is 33.9 Å². The van der Waals surface area contributed by atoms with Crippen LogP contribution in [0.3, 0.4) is 0 Å². The standard InChI is InChI=1S/C17H22N4O3.ClH/c22-15(19-9-7-12-4-3-8-18-10-12)11-21-16(23)13-5-1-2-6-14(13)20-17(21)24;/h1-2,5-6,12,18H,3-4,7-11H2,(H,19,22)(H,20,24);1H. The molecular weight excluding hydrogens is 344 g/mol. The number of benzene rings is 1. The highest BCUT2D eigenvalue weighted by atomic mass is 35.5. The maximum absolute atomic E-state index is 12.4. The second kappa shape index (κ2) is 8.82. The van der Waals surface area contributed by atoms with E-state index in [-0.39, 0.29) is 24.9 Å². The number of amides is 1. The maximum atomic E-state index is 12.4.